The van der Waals surface area contributed by atoms with E-state index in [0.29, 0.717) is 23.7 Å². The number of benzene rings is 2. The highest BCUT2D eigenvalue weighted by Gasteiger charge is 2.25. The molecule has 0 aromatic heterocycles. The molecule has 3 heteroatoms. The number of rotatable bonds is 8. The Morgan fingerprint density at radius 1 is 0.848 bits per heavy atom. The molecule has 0 spiro atoms. The summed E-state index contributed by atoms with van der Waals surface area (Å²) in [6, 6.07) is 10.2. The zero-order chi connectivity index (χ0) is 23.2. The predicted octanol–water partition coefficient (Wildman–Crippen LogP) is 9.08. The molecule has 0 atom stereocenters. The minimum atomic E-state index is -0.454. The molecule has 2 fully saturated rings. The summed E-state index contributed by atoms with van der Waals surface area (Å²) in [6.07, 6.45) is 15.1. The molecule has 2 aromatic carbocycles. The summed E-state index contributed by atoms with van der Waals surface area (Å²) in [5.41, 5.74) is 2.08. The van der Waals surface area contributed by atoms with Crippen molar-refractivity contribution in [2.45, 2.75) is 77.0 Å². The second-order valence-electron chi connectivity index (χ2n) is 10.1. The third kappa shape index (κ3) is 6.05. The van der Waals surface area contributed by atoms with E-state index in [1.807, 2.05) is 19.1 Å². The van der Waals surface area contributed by atoms with Gasteiger partial charge in [-0.1, -0.05) is 37.1 Å². The van der Waals surface area contributed by atoms with Crippen molar-refractivity contribution in [1.29, 1.82) is 0 Å². The maximum absolute atomic E-state index is 15.0. The monoisotopic (exact) mass is 452 g/mol. The smallest absolute Gasteiger partial charge is 0.165 e. The van der Waals surface area contributed by atoms with Crippen molar-refractivity contribution in [3.05, 3.63) is 66.3 Å². The molecule has 0 unspecified atom stereocenters. The maximum atomic E-state index is 15.0. The quantitative estimate of drug-likeness (QED) is 0.363. The maximum Gasteiger partial charge on any atom is 0.165 e. The first-order valence-corrected chi connectivity index (χ1v) is 12.9. The second-order valence-corrected chi connectivity index (χ2v) is 10.1. The largest absolute Gasteiger partial charge is 0.491 e. The number of hydrogen-bond acceptors (Lipinski definition) is 1. The van der Waals surface area contributed by atoms with Gasteiger partial charge in [0, 0.05) is 5.56 Å². The molecule has 1 nitrogen and oxygen atoms in total. The van der Waals surface area contributed by atoms with Crippen LogP contribution in [0.1, 0.15) is 82.6 Å². The molecule has 2 aromatic rings. The number of hydrogen-bond donors (Lipinski definition) is 0. The van der Waals surface area contributed by atoms with Gasteiger partial charge < -0.3 is 4.74 Å². The Kier molecular flexibility index (Phi) is 8.22. The first kappa shape index (κ1) is 24.0. The molecule has 178 valence electrons. The van der Waals surface area contributed by atoms with Gasteiger partial charge in [-0.25, -0.2) is 8.78 Å². The van der Waals surface area contributed by atoms with Gasteiger partial charge in [0.2, 0.25) is 0 Å². The molecule has 2 aliphatic carbocycles. The predicted molar refractivity (Wildman–Crippen MR) is 133 cm³/mol. The number of allylic oxidation sites excluding steroid dienone is 1. The van der Waals surface area contributed by atoms with E-state index in [4.69, 9.17) is 4.74 Å². The molecular formula is C30H38F2O. The van der Waals surface area contributed by atoms with Crippen LogP contribution in [0.4, 0.5) is 8.78 Å². The molecule has 0 heterocycles. The third-order valence-electron chi connectivity index (χ3n) is 8.06. The fraction of sp³-hybridized carbons (Fsp3) is 0.533. The van der Waals surface area contributed by atoms with Crippen molar-refractivity contribution in [2.75, 3.05) is 6.61 Å². The molecule has 33 heavy (non-hydrogen) atoms. The summed E-state index contributed by atoms with van der Waals surface area (Å²) >= 11 is 0. The lowest BCUT2D eigenvalue weighted by atomic mass is 9.74. The Bertz CT molecular complexity index is 921. The molecule has 0 saturated heterocycles. The average molecular weight is 453 g/mol. The topological polar surface area (TPSA) is 9.23 Å². The van der Waals surface area contributed by atoms with Crippen LogP contribution in [0.25, 0.3) is 11.1 Å². The zero-order valence-electron chi connectivity index (χ0n) is 20.0. The number of halogens is 2. The summed E-state index contributed by atoms with van der Waals surface area (Å²) in [7, 11) is 0. The average Bonchev–Trinajstić information content (AvgIpc) is 2.85. The molecule has 0 N–H and O–H groups in total. The first-order valence-electron chi connectivity index (χ1n) is 12.9. The Balaban J connectivity index is 1.29. The molecule has 0 aliphatic heterocycles. The van der Waals surface area contributed by atoms with Crippen LogP contribution >= 0.6 is 0 Å². The summed E-state index contributed by atoms with van der Waals surface area (Å²) in [4.78, 5) is 0. The van der Waals surface area contributed by atoms with Gasteiger partial charge in [-0.3, -0.25) is 0 Å². The van der Waals surface area contributed by atoms with Crippen LogP contribution in [0.2, 0.25) is 0 Å². The van der Waals surface area contributed by atoms with E-state index in [0.717, 1.165) is 36.2 Å². The van der Waals surface area contributed by atoms with E-state index in [9.17, 15) is 8.78 Å². The number of ether oxygens (including phenoxy) is 1. The van der Waals surface area contributed by atoms with Crippen molar-refractivity contribution in [3.8, 4) is 16.9 Å². The fourth-order valence-electron chi connectivity index (χ4n) is 5.93. The van der Waals surface area contributed by atoms with Crippen molar-refractivity contribution in [2.24, 2.45) is 17.8 Å². The molecule has 2 aliphatic rings. The van der Waals surface area contributed by atoms with Gasteiger partial charge in [-0.05, 0) is 111 Å². The molecule has 0 amide bonds. The SMILES string of the molecule is C=CC1CCC(CCC2CCC(c3ccc(-c4ccc(OCC)c(F)c4)c(F)c3)CC2)CC1. The first-order chi connectivity index (χ1) is 16.1. The van der Waals surface area contributed by atoms with Gasteiger partial charge in [-0.15, -0.1) is 6.58 Å². The molecule has 2 saturated carbocycles. The van der Waals surface area contributed by atoms with Gasteiger partial charge in [0.1, 0.15) is 5.82 Å². The van der Waals surface area contributed by atoms with Crippen LogP contribution in [-0.2, 0) is 0 Å². The van der Waals surface area contributed by atoms with Crippen molar-refractivity contribution >= 4 is 0 Å². The normalized spacial score (nSPS) is 25.5. The summed E-state index contributed by atoms with van der Waals surface area (Å²) < 4.78 is 34.4. The summed E-state index contributed by atoms with van der Waals surface area (Å²) in [5, 5.41) is 0. The van der Waals surface area contributed by atoms with Crippen molar-refractivity contribution < 1.29 is 13.5 Å². The third-order valence-corrected chi connectivity index (χ3v) is 8.06. The fourth-order valence-corrected chi connectivity index (χ4v) is 5.93. The van der Waals surface area contributed by atoms with Crippen LogP contribution in [0.5, 0.6) is 5.75 Å². The van der Waals surface area contributed by atoms with E-state index in [1.165, 1.54) is 57.4 Å². The Morgan fingerprint density at radius 3 is 2.09 bits per heavy atom. The molecular weight excluding hydrogens is 414 g/mol. The lowest BCUT2D eigenvalue weighted by Crippen LogP contribution is -2.17. The Labute approximate surface area is 198 Å². The van der Waals surface area contributed by atoms with Gasteiger partial charge >= 0.3 is 0 Å². The lowest BCUT2D eigenvalue weighted by molar-refractivity contribution is 0.246. The van der Waals surface area contributed by atoms with Crippen LogP contribution in [0.3, 0.4) is 0 Å². The van der Waals surface area contributed by atoms with Crippen molar-refractivity contribution in [3.63, 3.8) is 0 Å². The molecule has 0 bridgehead atoms. The van der Waals surface area contributed by atoms with Gasteiger partial charge in [0.15, 0.2) is 11.6 Å². The minimum absolute atomic E-state index is 0.208. The zero-order valence-corrected chi connectivity index (χ0v) is 20.0. The van der Waals surface area contributed by atoms with E-state index < -0.39 is 5.82 Å². The second kappa shape index (κ2) is 11.3. The van der Waals surface area contributed by atoms with E-state index >= 15 is 0 Å². The molecule has 4 rings (SSSR count). The van der Waals surface area contributed by atoms with Crippen LogP contribution < -0.4 is 4.74 Å². The van der Waals surface area contributed by atoms with Gasteiger partial charge in [0.05, 0.1) is 6.61 Å². The summed E-state index contributed by atoms with van der Waals surface area (Å²) in [5.74, 6) is 2.40. The van der Waals surface area contributed by atoms with E-state index in [-0.39, 0.29) is 11.6 Å². The highest BCUT2D eigenvalue weighted by Crippen LogP contribution is 2.40. The summed E-state index contributed by atoms with van der Waals surface area (Å²) in [6.45, 7) is 6.17. The highest BCUT2D eigenvalue weighted by atomic mass is 19.1. The van der Waals surface area contributed by atoms with E-state index in [1.54, 1.807) is 18.2 Å². The Morgan fingerprint density at radius 2 is 1.52 bits per heavy atom. The minimum Gasteiger partial charge on any atom is -0.491 e. The molecule has 0 radical (unpaired) electrons. The Hall–Kier alpha value is -2.16. The standard InChI is InChI=1S/C30H38F2O/c1-3-21-5-7-22(8-6-21)9-10-23-11-13-24(14-12-23)25-15-17-27(28(31)19-25)26-16-18-30(33-4-2)29(32)20-26/h3,15-24H,1,4-14H2,2H3. The van der Waals surface area contributed by atoms with Crippen LogP contribution in [0, 0.1) is 29.4 Å². The van der Waals surface area contributed by atoms with Crippen LogP contribution in [-0.4, -0.2) is 6.61 Å². The van der Waals surface area contributed by atoms with Gasteiger partial charge in [0.25, 0.3) is 0 Å². The van der Waals surface area contributed by atoms with Gasteiger partial charge in [-0.2, -0.15) is 0 Å². The highest BCUT2D eigenvalue weighted by molar-refractivity contribution is 5.65. The van der Waals surface area contributed by atoms with Crippen molar-refractivity contribution in [1.82, 2.24) is 0 Å². The van der Waals surface area contributed by atoms with E-state index in [2.05, 4.69) is 12.7 Å². The lowest BCUT2D eigenvalue weighted by Gasteiger charge is -2.31. The van der Waals surface area contributed by atoms with Crippen LogP contribution in [0.15, 0.2) is 49.1 Å².